The molecule has 0 bridgehead atoms. The summed E-state index contributed by atoms with van der Waals surface area (Å²) in [5.41, 5.74) is 2.15. The molecule has 0 N–H and O–H groups in total. The second-order valence-electron chi connectivity index (χ2n) is 3.38. The van der Waals surface area contributed by atoms with Crippen LogP contribution in [0.5, 0.6) is 0 Å². The number of para-hydroxylation sites is 1. The van der Waals surface area contributed by atoms with Crippen LogP contribution in [0.3, 0.4) is 0 Å². The van der Waals surface area contributed by atoms with Crippen LogP contribution in [0, 0.1) is 0 Å². The number of benzene rings is 2. The van der Waals surface area contributed by atoms with Crippen LogP contribution < -0.4 is 0 Å². The second-order valence-corrected chi connectivity index (χ2v) is 3.38. The number of aliphatic imine (C=N–C) groups is 1. The molecule has 78 valence electrons. The minimum atomic E-state index is 0.972. The van der Waals surface area contributed by atoms with E-state index in [4.69, 9.17) is 0 Å². The Kier molecular flexibility index (Phi) is 3.67. The van der Waals surface area contributed by atoms with Gasteiger partial charge in [-0.1, -0.05) is 54.6 Å². The molecule has 0 atom stereocenters. The molecule has 0 heterocycles. The van der Waals surface area contributed by atoms with Crippen molar-refractivity contribution in [1.29, 1.82) is 0 Å². The van der Waals surface area contributed by atoms with Crippen molar-refractivity contribution in [2.24, 2.45) is 4.99 Å². The van der Waals surface area contributed by atoms with Crippen LogP contribution in [0.15, 0.2) is 71.7 Å². The molecule has 1 nitrogen and oxygen atoms in total. The van der Waals surface area contributed by atoms with Crippen molar-refractivity contribution in [2.45, 2.75) is 0 Å². The van der Waals surface area contributed by atoms with E-state index in [9.17, 15) is 0 Å². The van der Waals surface area contributed by atoms with Gasteiger partial charge in [0.05, 0.1) is 5.69 Å². The van der Waals surface area contributed by atoms with Crippen LogP contribution in [0.2, 0.25) is 0 Å². The Balaban J connectivity index is 1.98. The van der Waals surface area contributed by atoms with Crippen molar-refractivity contribution in [1.82, 2.24) is 0 Å². The lowest BCUT2D eigenvalue weighted by molar-refractivity contribution is 1.54. The summed E-state index contributed by atoms with van der Waals surface area (Å²) in [6, 6.07) is 20.1. The zero-order valence-electron chi connectivity index (χ0n) is 8.95. The lowest BCUT2D eigenvalue weighted by atomic mass is 10.2. The Morgan fingerprint density at radius 2 is 1.38 bits per heavy atom. The first-order chi connectivity index (χ1) is 7.95. The van der Waals surface area contributed by atoms with Crippen molar-refractivity contribution in [2.75, 3.05) is 0 Å². The molecule has 0 saturated heterocycles. The van der Waals surface area contributed by atoms with Gasteiger partial charge in [0.1, 0.15) is 0 Å². The fourth-order valence-corrected chi connectivity index (χ4v) is 1.36. The SMILES string of the molecule is C(/C=C\c1ccccc1)=Nc1ccccc1. The van der Waals surface area contributed by atoms with Gasteiger partial charge < -0.3 is 0 Å². The molecule has 0 aliphatic carbocycles. The Morgan fingerprint density at radius 3 is 2.06 bits per heavy atom. The zero-order valence-corrected chi connectivity index (χ0v) is 8.95. The van der Waals surface area contributed by atoms with E-state index in [1.807, 2.05) is 66.9 Å². The highest BCUT2D eigenvalue weighted by Gasteiger charge is 1.82. The van der Waals surface area contributed by atoms with Gasteiger partial charge in [0, 0.05) is 6.21 Å². The summed E-state index contributed by atoms with van der Waals surface area (Å²) in [6.07, 6.45) is 5.79. The molecule has 2 aromatic carbocycles. The summed E-state index contributed by atoms with van der Waals surface area (Å²) in [4.78, 5) is 4.31. The Hall–Kier alpha value is -2.15. The fraction of sp³-hybridized carbons (Fsp3) is 0. The van der Waals surface area contributed by atoms with E-state index in [-0.39, 0.29) is 0 Å². The normalized spacial score (nSPS) is 11.2. The number of hydrogen-bond donors (Lipinski definition) is 0. The van der Waals surface area contributed by atoms with Crippen LogP contribution in [0.4, 0.5) is 5.69 Å². The van der Waals surface area contributed by atoms with Gasteiger partial charge in [0.25, 0.3) is 0 Å². The van der Waals surface area contributed by atoms with Crippen LogP contribution in [0.1, 0.15) is 5.56 Å². The molecule has 2 aromatic rings. The van der Waals surface area contributed by atoms with Gasteiger partial charge in [0.2, 0.25) is 0 Å². The quantitative estimate of drug-likeness (QED) is 0.672. The molecular formula is C15H13N. The highest BCUT2D eigenvalue weighted by Crippen LogP contribution is 2.08. The van der Waals surface area contributed by atoms with E-state index in [2.05, 4.69) is 17.1 Å². The molecule has 0 aliphatic heterocycles. The van der Waals surface area contributed by atoms with Crippen LogP contribution >= 0.6 is 0 Å². The van der Waals surface area contributed by atoms with Crippen molar-refractivity contribution < 1.29 is 0 Å². The maximum absolute atomic E-state index is 4.31. The van der Waals surface area contributed by atoms with Crippen molar-refractivity contribution in [3.63, 3.8) is 0 Å². The van der Waals surface area contributed by atoms with E-state index < -0.39 is 0 Å². The Morgan fingerprint density at radius 1 is 0.750 bits per heavy atom. The summed E-state index contributed by atoms with van der Waals surface area (Å²) in [7, 11) is 0. The van der Waals surface area contributed by atoms with Crippen LogP contribution in [-0.2, 0) is 0 Å². The largest absolute Gasteiger partial charge is 0.257 e. The van der Waals surface area contributed by atoms with E-state index in [1.165, 1.54) is 5.56 Å². The highest BCUT2D eigenvalue weighted by molar-refractivity contribution is 5.80. The predicted molar refractivity (Wildman–Crippen MR) is 70.1 cm³/mol. The first kappa shape index (κ1) is 10.4. The average molecular weight is 207 g/mol. The van der Waals surface area contributed by atoms with Crippen molar-refractivity contribution >= 4 is 18.0 Å². The Bertz CT molecular complexity index is 422. The number of hydrogen-bond acceptors (Lipinski definition) is 1. The van der Waals surface area contributed by atoms with Crippen molar-refractivity contribution in [3.8, 4) is 0 Å². The van der Waals surface area contributed by atoms with Crippen LogP contribution in [0.25, 0.3) is 6.08 Å². The molecule has 16 heavy (non-hydrogen) atoms. The van der Waals surface area contributed by atoms with Gasteiger partial charge in [-0.2, -0.15) is 0 Å². The Labute approximate surface area is 95.8 Å². The van der Waals surface area contributed by atoms with Gasteiger partial charge in [0.15, 0.2) is 0 Å². The minimum absolute atomic E-state index is 0.972. The molecule has 0 radical (unpaired) electrons. The zero-order chi connectivity index (χ0) is 11.1. The van der Waals surface area contributed by atoms with E-state index >= 15 is 0 Å². The smallest absolute Gasteiger partial charge is 0.0629 e. The lowest BCUT2D eigenvalue weighted by Crippen LogP contribution is -1.69. The molecule has 1 heteroatoms. The topological polar surface area (TPSA) is 12.4 Å². The standard InChI is InChI=1S/C15H13N/c1-3-8-14(9-4-1)10-7-13-16-15-11-5-2-6-12-15/h1-13H/b10-7-,16-13?. The third kappa shape index (κ3) is 3.21. The maximum atomic E-state index is 4.31. The molecule has 0 aliphatic rings. The average Bonchev–Trinajstić information content (AvgIpc) is 2.37. The molecular weight excluding hydrogens is 194 g/mol. The third-order valence-corrected chi connectivity index (χ3v) is 2.15. The van der Waals surface area contributed by atoms with Gasteiger partial charge in [-0.3, -0.25) is 4.99 Å². The number of allylic oxidation sites excluding steroid dienone is 1. The summed E-state index contributed by atoms with van der Waals surface area (Å²) in [5, 5.41) is 0. The van der Waals surface area contributed by atoms with Gasteiger partial charge in [-0.05, 0) is 23.8 Å². The summed E-state index contributed by atoms with van der Waals surface area (Å²) < 4.78 is 0. The lowest BCUT2D eigenvalue weighted by Gasteiger charge is -1.90. The van der Waals surface area contributed by atoms with E-state index in [1.54, 1.807) is 0 Å². The second kappa shape index (κ2) is 5.66. The molecule has 0 saturated carbocycles. The summed E-state index contributed by atoms with van der Waals surface area (Å²) >= 11 is 0. The highest BCUT2D eigenvalue weighted by atomic mass is 14.7. The van der Waals surface area contributed by atoms with E-state index in [0.29, 0.717) is 0 Å². The monoisotopic (exact) mass is 207 g/mol. The molecule has 2 rings (SSSR count). The van der Waals surface area contributed by atoms with Gasteiger partial charge in [-0.25, -0.2) is 0 Å². The summed E-state index contributed by atoms with van der Waals surface area (Å²) in [6.45, 7) is 0. The molecule has 0 aromatic heterocycles. The maximum Gasteiger partial charge on any atom is 0.0629 e. The third-order valence-electron chi connectivity index (χ3n) is 2.15. The van der Waals surface area contributed by atoms with Gasteiger partial charge >= 0.3 is 0 Å². The number of rotatable bonds is 3. The molecule has 0 amide bonds. The molecule has 0 unspecified atom stereocenters. The fourth-order valence-electron chi connectivity index (χ4n) is 1.36. The first-order valence-corrected chi connectivity index (χ1v) is 5.26. The van der Waals surface area contributed by atoms with E-state index in [0.717, 1.165) is 5.69 Å². The molecule has 0 fully saturated rings. The van der Waals surface area contributed by atoms with Crippen LogP contribution in [-0.4, -0.2) is 6.21 Å². The van der Waals surface area contributed by atoms with Crippen molar-refractivity contribution in [3.05, 3.63) is 72.3 Å². The van der Waals surface area contributed by atoms with Gasteiger partial charge in [-0.15, -0.1) is 0 Å². The molecule has 0 spiro atoms. The summed E-state index contributed by atoms with van der Waals surface area (Å²) in [5.74, 6) is 0. The minimum Gasteiger partial charge on any atom is -0.257 e. The number of nitrogens with zero attached hydrogens (tertiary/aromatic N) is 1. The predicted octanol–water partition coefficient (Wildman–Crippen LogP) is 4.10. The first-order valence-electron chi connectivity index (χ1n) is 5.26.